The van der Waals surface area contributed by atoms with Crippen LogP contribution in [-0.2, 0) is 14.3 Å². The van der Waals surface area contributed by atoms with Gasteiger partial charge in [-0.25, -0.2) is 4.79 Å². The quantitative estimate of drug-likeness (QED) is 0.697. The molecule has 0 bridgehead atoms. The van der Waals surface area contributed by atoms with Gasteiger partial charge in [-0.2, -0.15) is 0 Å². The molecular weight excluding hydrogens is 424 g/mol. The highest BCUT2D eigenvalue weighted by Gasteiger charge is 2.49. The average molecular weight is 459 g/mol. The Kier molecular flexibility index (Phi) is 6.95. The summed E-state index contributed by atoms with van der Waals surface area (Å²) < 4.78 is 21.8. The molecule has 4 aliphatic rings. The summed E-state index contributed by atoms with van der Waals surface area (Å²) in [6.07, 6.45) is 3.59. The van der Waals surface area contributed by atoms with Gasteiger partial charge in [0.2, 0.25) is 0 Å². The van der Waals surface area contributed by atoms with E-state index >= 15 is 0 Å². The minimum absolute atomic E-state index is 0.0818. The fraction of sp³-hybridized carbons (Fsp3) is 0.600. The summed E-state index contributed by atoms with van der Waals surface area (Å²) in [4.78, 5) is 20.0. The highest BCUT2D eigenvalue weighted by atomic mass is 16.5. The van der Waals surface area contributed by atoms with Crippen molar-refractivity contribution in [2.45, 2.75) is 44.8 Å². The highest BCUT2D eigenvalue weighted by Crippen LogP contribution is 2.50. The van der Waals surface area contributed by atoms with Gasteiger partial charge in [-0.15, -0.1) is 0 Å². The molecule has 2 saturated heterocycles. The van der Waals surface area contributed by atoms with Crippen LogP contribution in [0.5, 0.6) is 11.5 Å². The maximum atomic E-state index is 12.4. The van der Waals surface area contributed by atoms with Gasteiger partial charge in [0.25, 0.3) is 0 Å². The number of nitrogens with zero attached hydrogens (tertiary/aromatic N) is 2. The maximum absolute atomic E-state index is 12.4. The first-order valence-electron chi connectivity index (χ1n) is 11.6. The van der Waals surface area contributed by atoms with Gasteiger partial charge < -0.3 is 24.1 Å². The van der Waals surface area contributed by atoms with E-state index in [0.29, 0.717) is 17.2 Å². The lowest BCUT2D eigenvalue weighted by Gasteiger charge is -2.50. The molecule has 2 fully saturated rings. The molecule has 8 heteroatoms. The molecule has 5 atom stereocenters. The van der Waals surface area contributed by atoms with Crippen molar-refractivity contribution in [2.75, 3.05) is 41.0 Å². The number of fused-ring (bicyclic) bond motifs is 6. The van der Waals surface area contributed by atoms with Crippen molar-refractivity contribution < 1.29 is 28.8 Å². The second-order valence-corrected chi connectivity index (χ2v) is 8.88. The molecule has 0 aliphatic carbocycles. The first kappa shape index (κ1) is 23.6. The van der Waals surface area contributed by atoms with Gasteiger partial charge in [0.05, 0.1) is 45.0 Å². The Hall–Kier alpha value is -2.58. The zero-order chi connectivity index (χ0) is 23.7. The van der Waals surface area contributed by atoms with Crippen LogP contribution in [0.2, 0.25) is 0 Å². The molecular formula is C25H34N2O6. The Balaban J connectivity index is 0.000000821. The van der Waals surface area contributed by atoms with E-state index in [2.05, 4.69) is 17.9 Å². The molecule has 1 aromatic rings. The van der Waals surface area contributed by atoms with E-state index < -0.39 is 0 Å². The molecule has 4 aliphatic heterocycles. The van der Waals surface area contributed by atoms with Crippen LogP contribution in [-0.4, -0.2) is 74.9 Å². The van der Waals surface area contributed by atoms with Crippen molar-refractivity contribution in [1.29, 1.82) is 0 Å². The summed E-state index contributed by atoms with van der Waals surface area (Å²) in [5.41, 5.74) is 4.05. The lowest BCUT2D eigenvalue weighted by atomic mass is 9.70. The Bertz CT molecular complexity index is 958. The van der Waals surface area contributed by atoms with Crippen molar-refractivity contribution in [3.8, 4) is 11.5 Å². The molecule has 0 spiro atoms. The molecule has 1 unspecified atom stereocenters. The number of carbonyl (C=O) groups excluding carboxylic acids is 1. The van der Waals surface area contributed by atoms with Crippen LogP contribution in [0.1, 0.15) is 38.2 Å². The highest BCUT2D eigenvalue weighted by molar-refractivity contribution is 6.03. The van der Waals surface area contributed by atoms with Crippen molar-refractivity contribution in [3.05, 3.63) is 29.5 Å². The standard InChI is InChI=1S/C23H28N2O5.C2H6O/c1-12-16-10-25-6-5-13-15-8-20(27-2)21(28-3)9-18(15)24-22(13)19(25)7-14(16)17(11-30-12)23(26)29-4;1-2-3/h8-9,11-14,16,19H,5-7,10H2,1-4H3;3H,2H2,1H3/t12-,13?,14-,16-,19+;/m0./s1. The number of hydrogen-bond donors (Lipinski definition) is 1. The van der Waals surface area contributed by atoms with Crippen molar-refractivity contribution in [3.63, 3.8) is 0 Å². The molecule has 1 aromatic carbocycles. The largest absolute Gasteiger partial charge is 0.497 e. The Morgan fingerprint density at radius 2 is 1.94 bits per heavy atom. The second kappa shape index (κ2) is 9.73. The monoisotopic (exact) mass is 458 g/mol. The van der Waals surface area contributed by atoms with Gasteiger partial charge in [0, 0.05) is 48.7 Å². The van der Waals surface area contributed by atoms with Gasteiger partial charge in [-0.3, -0.25) is 9.89 Å². The van der Waals surface area contributed by atoms with Crippen LogP contribution in [0.3, 0.4) is 0 Å². The summed E-state index contributed by atoms with van der Waals surface area (Å²) in [6.45, 7) is 5.94. The van der Waals surface area contributed by atoms with Crippen LogP contribution in [0.15, 0.2) is 29.0 Å². The fourth-order valence-electron chi connectivity index (χ4n) is 5.71. The third-order valence-electron chi connectivity index (χ3n) is 7.27. The predicted molar refractivity (Wildman–Crippen MR) is 124 cm³/mol. The predicted octanol–water partition coefficient (Wildman–Crippen LogP) is 3.06. The van der Waals surface area contributed by atoms with E-state index in [1.807, 2.05) is 6.07 Å². The van der Waals surface area contributed by atoms with Crippen LogP contribution in [0.4, 0.5) is 5.69 Å². The number of methoxy groups -OCH3 is 3. The number of rotatable bonds is 3. The van der Waals surface area contributed by atoms with Crippen LogP contribution in [0.25, 0.3) is 0 Å². The van der Waals surface area contributed by atoms with Gasteiger partial charge in [0.15, 0.2) is 11.5 Å². The molecule has 180 valence electrons. The topological polar surface area (TPSA) is 89.8 Å². The minimum atomic E-state index is -0.288. The first-order chi connectivity index (χ1) is 16.0. The number of benzene rings is 1. The van der Waals surface area contributed by atoms with Gasteiger partial charge in [-0.1, -0.05) is 0 Å². The third-order valence-corrected chi connectivity index (χ3v) is 7.27. The van der Waals surface area contributed by atoms with E-state index in [-0.39, 0.29) is 36.6 Å². The van der Waals surface area contributed by atoms with E-state index in [0.717, 1.165) is 37.4 Å². The van der Waals surface area contributed by atoms with E-state index in [9.17, 15) is 4.79 Å². The minimum Gasteiger partial charge on any atom is -0.497 e. The SMILES string of the molecule is CCO.COC(=O)C1=CO[C@@H](C)[C@@H]2CN3CCC4C(=Nc5cc(OC)c(OC)cc54)[C@H]3C[C@H]12. The smallest absolute Gasteiger partial charge is 0.337 e. The van der Waals surface area contributed by atoms with Crippen LogP contribution < -0.4 is 9.47 Å². The van der Waals surface area contributed by atoms with Crippen molar-refractivity contribution >= 4 is 17.4 Å². The zero-order valence-electron chi connectivity index (χ0n) is 20.0. The third kappa shape index (κ3) is 4.10. The lowest BCUT2D eigenvalue weighted by molar-refractivity contribution is -0.138. The summed E-state index contributed by atoms with van der Waals surface area (Å²) >= 11 is 0. The number of piperidine rings is 2. The second-order valence-electron chi connectivity index (χ2n) is 8.88. The van der Waals surface area contributed by atoms with Gasteiger partial charge >= 0.3 is 5.97 Å². The van der Waals surface area contributed by atoms with Gasteiger partial charge in [0.1, 0.15) is 0 Å². The fourth-order valence-corrected chi connectivity index (χ4v) is 5.71. The molecule has 5 rings (SSSR count). The summed E-state index contributed by atoms with van der Waals surface area (Å²) in [7, 11) is 4.74. The molecule has 0 saturated carbocycles. The Morgan fingerprint density at radius 1 is 1.24 bits per heavy atom. The summed E-state index contributed by atoms with van der Waals surface area (Å²) in [5, 5.41) is 7.57. The summed E-state index contributed by atoms with van der Waals surface area (Å²) in [5.74, 6) is 1.85. The van der Waals surface area contributed by atoms with Crippen molar-refractivity contribution in [2.24, 2.45) is 16.8 Å². The van der Waals surface area contributed by atoms with E-state index in [1.54, 1.807) is 27.4 Å². The van der Waals surface area contributed by atoms with Crippen molar-refractivity contribution in [1.82, 2.24) is 4.90 Å². The average Bonchev–Trinajstić information content (AvgIpc) is 3.20. The first-order valence-corrected chi connectivity index (χ1v) is 11.6. The number of hydrogen-bond acceptors (Lipinski definition) is 8. The summed E-state index contributed by atoms with van der Waals surface area (Å²) in [6, 6.07) is 4.27. The molecule has 0 aromatic heterocycles. The molecule has 1 N–H and O–H groups in total. The number of aliphatic hydroxyl groups is 1. The zero-order valence-corrected chi connectivity index (χ0v) is 20.0. The van der Waals surface area contributed by atoms with E-state index in [4.69, 9.17) is 29.0 Å². The number of carbonyl (C=O) groups is 1. The number of ether oxygens (including phenoxy) is 4. The Labute approximate surface area is 195 Å². The molecule has 8 nitrogen and oxygen atoms in total. The number of aliphatic imine (C=N–C) groups is 1. The van der Waals surface area contributed by atoms with E-state index in [1.165, 1.54) is 18.4 Å². The van der Waals surface area contributed by atoms with Crippen LogP contribution >= 0.6 is 0 Å². The number of aliphatic hydroxyl groups excluding tert-OH is 1. The molecule has 0 radical (unpaired) electrons. The van der Waals surface area contributed by atoms with Gasteiger partial charge in [-0.05, 0) is 44.9 Å². The Morgan fingerprint density at radius 3 is 2.61 bits per heavy atom. The number of esters is 1. The molecule has 4 heterocycles. The molecule has 33 heavy (non-hydrogen) atoms. The molecule has 0 amide bonds. The van der Waals surface area contributed by atoms with Crippen LogP contribution in [0, 0.1) is 11.8 Å². The normalized spacial score (nSPS) is 29.5. The lowest BCUT2D eigenvalue weighted by Crippen LogP contribution is -2.58. The maximum Gasteiger partial charge on any atom is 0.337 e.